The van der Waals surface area contributed by atoms with Crippen molar-refractivity contribution in [2.24, 2.45) is 4.99 Å². The van der Waals surface area contributed by atoms with Gasteiger partial charge in [-0.25, -0.2) is 4.99 Å². The van der Waals surface area contributed by atoms with Crippen molar-refractivity contribution in [3.63, 3.8) is 0 Å². The molecular weight excluding hydrogens is 253 g/mol. The molecule has 0 fully saturated rings. The zero-order valence-electron chi connectivity index (χ0n) is 12.6. The van der Waals surface area contributed by atoms with Crippen molar-refractivity contribution >= 4 is 5.96 Å². The number of nitrogens with one attached hydrogen (secondary N) is 2. The van der Waals surface area contributed by atoms with Crippen molar-refractivity contribution in [2.75, 3.05) is 19.8 Å². The molecule has 1 aromatic carbocycles. The lowest BCUT2D eigenvalue weighted by molar-refractivity contribution is 0.470. The van der Waals surface area contributed by atoms with E-state index in [0.717, 1.165) is 25.3 Å². The molecule has 0 atom stereocenters. The molecule has 0 bridgehead atoms. The van der Waals surface area contributed by atoms with Crippen LogP contribution in [0.3, 0.4) is 0 Å². The molecule has 2 N–H and O–H groups in total. The molecule has 112 valence electrons. The molecule has 0 unspecified atom stereocenters. The predicted octanol–water partition coefficient (Wildman–Crippen LogP) is 3.19. The smallest absolute Gasteiger partial charge is 0.191 e. The maximum absolute atomic E-state index is 12.1. The largest absolute Gasteiger partial charge is 0.356 e. The number of halogens is 1. The van der Waals surface area contributed by atoms with E-state index in [1.165, 1.54) is 11.1 Å². The van der Waals surface area contributed by atoms with Crippen molar-refractivity contribution in [2.45, 2.75) is 39.7 Å². The summed E-state index contributed by atoms with van der Waals surface area (Å²) in [5.41, 5.74) is 2.43. The first-order valence-corrected chi connectivity index (χ1v) is 7.40. The molecule has 0 radical (unpaired) electrons. The first-order chi connectivity index (χ1) is 9.76. The van der Waals surface area contributed by atoms with E-state index in [-0.39, 0.29) is 6.67 Å². The number of aliphatic imine (C=N–C) groups is 1. The third kappa shape index (κ3) is 7.12. The van der Waals surface area contributed by atoms with Gasteiger partial charge in [0.05, 0.1) is 13.2 Å². The quantitative estimate of drug-likeness (QED) is 0.435. The Labute approximate surface area is 121 Å². The molecule has 0 aromatic heterocycles. The Bertz CT molecular complexity index is 375. The van der Waals surface area contributed by atoms with Gasteiger partial charge in [0.25, 0.3) is 0 Å². The number of hydrogen-bond donors (Lipinski definition) is 2. The van der Waals surface area contributed by atoms with E-state index in [1.807, 2.05) is 0 Å². The van der Waals surface area contributed by atoms with Gasteiger partial charge in [0, 0.05) is 13.1 Å². The van der Waals surface area contributed by atoms with Crippen molar-refractivity contribution in [1.29, 1.82) is 0 Å². The fraction of sp³-hybridized carbons (Fsp3) is 0.562. The third-order valence-corrected chi connectivity index (χ3v) is 2.97. The van der Waals surface area contributed by atoms with E-state index in [9.17, 15) is 4.39 Å². The van der Waals surface area contributed by atoms with Gasteiger partial charge in [-0.3, -0.25) is 4.39 Å². The summed E-state index contributed by atoms with van der Waals surface area (Å²) in [5.74, 6) is 0.771. The standard InChI is InChI=1S/C16H26FN3/c1-3-4-11-18-16(19-12-5-10-17)20-13-15-8-6-14(2)7-9-15/h6-9H,3-5,10-13H2,1-2H3,(H2,18,19,20). The fourth-order valence-electron chi connectivity index (χ4n) is 1.70. The van der Waals surface area contributed by atoms with Gasteiger partial charge in [-0.15, -0.1) is 0 Å². The first-order valence-electron chi connectivity index (χ1n) is 7.40. The SMILES string of the molecule is CCCCNC(=NCc1ccc(C)cc1)NCCCF. The van der Waals surface area contributed by atoms with Gasteiger partial charge in [0.1, 0.15) is 0 Å². The molecule has 4 heteroatoms. The monoisotopic (exact) mass is 279 g/mol. The Morgan fingerprint density at radius 1 is 1.10 bits per heavy atom. The predicted molar refractivity (Wildman–Crippen MR) is 83.8 cm³/mol. The molecule has 0 aliphatic heterocycles. The second-order valence-corrected chi connectivity index (χ2v) is 4.90. The summed E-state index contributed by atoms with van der Waals surface area (Å²) in [4.78, 5) is 4.54. The minimum Gasteiger partial charge on any atom is -0.356 e. The van der Waals surface area contributed by atoms with E-state index < -0.39 is 0 Å². The minimum absolute atomic E-state index is 0.298. The summed E-state index contributed by atoms with van der Waals surface area (Å²) in [6.45, 7) is 6.07. The minimum atomic E-state index is -0.298. The molecule has 1 rings (SSSR count). The average molecular weight is 279 g/mol. The molecule has 3 nitrogen and oxygen atoms in total. The van der Waals surface area contributed by atoms with E-state index in [0.29, 0.717) is 19.5 Å². The number of guanidine groups is 1. The van der Waals surface area contributed by atoms with Crippen LogP contribution in [0.4, 0.5) is 4.39 Å². The summed E-state index contributed by atoms with van der Waals surface area (Å²) in [6.07, 6.45) is 2.76. The van der Waals surface area contributed by atoms with Crippen molar-refractivity contribution in [3.8, 4) is 0 Å². The maximum Gasteiger partial charge on any atom is 0.191 e. The highest BCUT2D eigenvalue weighted by Gasteiger charge is 1.98. The molecule has 0 saturated heterocycles. The van der Waals surface area contributed by atoms with Crippen molar-refractivity contribution < 1.29 is 4.39 Å². The van der Waals surface area contributed by atoms with Gasteiger partial charge in [-0.2, -0.15) is 0 Å². The number of unbranched alkanes of at least 4 members (excludes halogenated alkanes) is 1. The first kappa shape index (κ1) is 16.5. The highest BCUT2D eigenvalue weighted by Crippen LogP contribution is 2.04. The van der Waals surface area contributed by atoms with Gasteiger partial charge in [-0.1, -0.05) is 43.2 Å². The summed E-state index contributed by atoms with van der Waals surface area (Å²) < 4.78 is 12.1. The summed E-state index contributed by atoms with van der Waals surface area (Å²) >= 11 is 0. The van der Waals surface area contributed by atoms with E-state index in [2.05, 4.69) is 53.7 Å². The molecule has 0 saturated carbocycles. The number of hydrogen-bond acceptors (Lipinski definition) is 1. The number of benzene rings is 1. The lowest BCUT2D eigenvalue weighted by Gasteiger charge is -2.11. The van der Waals surface area contributed by atoms with Gasteiger partial charge in [0.2, 0.25) is 0 Å². The summed E-state index contributed by atoms with van der Waals surface area (Å²) in [5, 5.41) is 6.44. The van der Waals surface area contributed by atoms with Gasteiger partial charge in [-0.05, 0) is 25.3 Å². The number of nitrogens with zero attached hydrogens (tertiary/aromatic N) is 1. The van der Waals surface area contributed by atoms with Gasteiger partial charge < -0.3 is 10.6 Å². The Balaban J connectivity index is 2.50. The number of rotatable bonds is 8. The van der Waals surface area contributed by atoms with Crippen LogP contribution in [0, 0.1) is 6.92 Å². The Hall–Kier alpha value is -1.58. The van der Waals surface area contributed by atoms with Crippen LogP contribution >= 0.6 is 0 Å². The Morgan fingerprint density at radius 2 is 1.75 bits per heavy atom. The molecule has 0 aliphatic rings. The number of alkyl halides is 1. The molecule has 0 spiro atoms. The van der Waals surface area contributed by atoms with Crippen LogP contribution in [-0.4, -0.2) is 25.7 Å². The Morgan fingerprint density at radius 3 is 2.35 bits per heavy atom. The van der Waals surface area contributed by atoms with Gasteiger partial charge >= 0.3 is 0 Å². The lowest BCUT2D eigenvalue weighted by atomic mass is 10.1. The lowest BCUT2D eigenvalue weighted by Crippen LogP contribution is -2.38. The second-order valence-electron chi connectivity index (χ2n) is 4.90. The fourth-order valence-corrected chi connectivity index (χ4v) is 1.70. The highest BCUT2D eigenvalue weighted by molar-refractivity contribution is 5.79. The Kier molecular flexibility index (Phi) is 8.43. The zero-order valence-corrected chi connectivity index (χ0v) is 12.6. The molecule has 1 aromatic rings. The van der Waals surface area contributed by atoms with Crippen LogP contribution in [0.25, 0.3) is 0 Å². The molecular formula is C16H26FN3. The molecule has 0 aliphatic carbocycles. The number of aryl methyl sites for hydroxylation is 1. The molecule has 20 heavy (non-hydrogen) atoms. The van der Waals surface area contributed by atoms with E-state index >= 15 is 0 Å². The second kappa shape index (κ2) is 10.2. The molecule has 0 amide bonds. The van der Waals surface area contributed by atoms with Crippen LogP contribution in [-0.2, 0) is 6.54 Å². The van der Waals surface area contributed by atoms with E-state index in [4.69, 9.17) is 0 Å². The van der Waals surface area contributed by atoms with Crippen molar-refractivity contribution in [3.05, 3.63) is 35.4 Å². The maximum atomic E-state index is 12.1. The summed E-state index contributed by atoms with van der Waals surface area (Å²) in [6, 6.07) is 8.35. The van der Waals surface area contributed by atoms with Crippen LogP contribution < -0.4 is 10.6 Å². The average Bonchev–Trinajstić information content (AvgIpc) is 2.46. The normalized spacial score (nSPS) is 11.4. The van der Waals surface area contributed by atoms with Crippen LogP contribution in [0.15, 0.2) is 29.3 Å². The van der Waals surface area contributed by atoms with Crippen LogP contribution in [0.5, 0.6) is 0 Å². The third-order valence-electron chi connectivity index (χ3n) is 2.97. The zero-order chi connectivity index (χ0) is 14.6. The molecule has 0 heterocycles. The summed E-state index contributed by atoms with van der Waals surface area (Å²) in [7, 11) is 0. The highest BCUT2D eigenvalue weighted by atomic mass is 19.1. The van der Waals surface area contributed by atoms with Crippen LogP contribution in [0.1, 0.15) is 37.3 Å². The van der Waals surface area contributed by atoms with Crippen molar-refractivity contribution in [1.82, 2.24) is 10.6 Å². The van der Waals surface area contributed by atoms with Crippen LogP contribution in [0.2, 0.25) is 0 Å². The van der Waals surface area contributed by atoms with Gasteiger partial charge in [0.15, 0.2) is 5.96 Å². The topological polar surface area (TPSA) is 36.4 Å². The van der Waals surface area contributed by atoms with E-state index in [1.54, 1.807) is 0 Å².